The van der Waals surface area contributed by atoms with Gasteiger partial charge in [0.1, 0.15) is 0 Å². The molecule has 0 amide bonds. The number of piperidine rings is 1. The van der Waals surface area contributed by atoms with Crippen molar-refractivity contribution in [1.82, 2.24) is 4.90 Å². The maximum absolute atomic E-state index is 10.3. The van der Waals surface area contributed by atoms with Gasteiger partial charge < -0.3 is 14.7 Å². The number of likely N-dealkylation sites (tertiary alicyclic amines) is 1. The SMILES string of the molecule is CC1CCCN(CC(O)COCC23CC4CC(CC(C4)C2)C3)C1.Cl. The standard InChI is InChI=1S/C20H35NO2.ClH/c1-15-3-2-4-21(11-15)12-19(22)13-23-14-20-8-16-5-17(9-20)7-18(6-16)10-20;/h15-19,22H,2-14H2,1H3;1H. The Labute approximate surface area is 153 Å². The molecule has 2 atom stereocenters. The normalized spacial score (nSPS) is 42.8. The molecule has 0 aromatic heterocycles. The third-order valence-electron chi connectivity index (χ3n) is 7.09. The van der Waals surface area contributed by atoms with E-state index < -0.39 is 0 Å². The monoisotopic (exact) mass is 357 g/mol. The zero-order valence-corrected chi connectivity index (χ0v) is 16.1. The number of ether oxygens (including phenoxy) is 1. The van der Waals surface area contributed by atoms with E-state index in [0.717, 1.165) is 49.9 Å². The van der Waals surface area contributed by atoms with E-state index in [1.54, 1.807) is 0 Å². The molecule has 0 aromatic rings. The van der Waals surface area contributed by atoms with Crippen LogP contribution in [0.3, 0.4) is 0 Å². The van der Waals surface area contributed by atoms with E-state index in [1.165, 1.54) is 51.4 Å². The number of hydrogen-bond acceptors (Lipinski definition) is 3. The Morgan fingerprint density at radius 1 is 1.12 bits per heavy atom. The van der Waals surface area contributed by atoms with Gasteiger partial charge in [-0.3, -0.25) is 0 Å². The minimum absolute atomic E-state index is 0. The van der Waals surface area contributed by atoms with Crippen LogP contribution in [-0.4, -0.2) is 49.0 Å². The molecule has 5 fully saturated rings. The van der Waals surface area contributed by atoms with Gasteiger partial charge in [-0.2, -0.15) is 0 Å². The van der Waals surface area contributed by atoms with Crippen LogP contribution in [0.2, 0.25) is 0 Å². The predicted octanol–water partition coefficient (Wildman–Crippen LogP) is 3.73. The minimum Gasteiger partial charge on any atom is -0.389 e. The highest BCUT2D eigenvalue weighted by molar-refractivity contribution is 5.85. The van der Waals surface area contributed by atoms with Crippen LogP contribution < -0.4 is 0 Å². The summed E-state index contributed by atoms with van der Waals surface area (Å²) in [4.78, 5) is 2.42. The van der Waals surface area contributed by atoms with Crippen molar-refractivity contribution >= 4 is 12.4 Å². The van der Waals surface area contributed by atoms with Crippen molar-refractivity contribution in [3.63, 3.8) is 0 Å². The molecule has 4 heteroatoms. The molecule has 1 saturated heterocycles. The second kappa shape index (κ2) is 7.82. The van der Waals surface area contributed by atoms with Crippen molar-refractivity contribution in [3.8, 4) is 0 Å². The van der Waals surface area contributed by atoms with Crippen LogP contribution in [0.4, 0.5) is 0 Å². The predicted molar refractivity (Wildman–Crippen MR) is 99.5 cm³/mol. The summed E-state index contributed by atoms with van der Waals surface area (Å²) in [7, 11) is 0. The molecule has 4 bridgehead atoms. The molecular weight excluding hydrogens is 322 g/mol. The highest BCUT2D eigenvalue weighted by Crippen LogP contribution is 2.60. The summed E-state index contributed by atoms with van der Waals surface area (Å²) < 4.78 is 6.07. The van der Waals surface area contributed by atoms with Crippen molar-refractivity contribution < 1.29 is 9.84 Å². The summed E-state index contributed by atoms with van der Waals surface area (Å²) in [6.45, 7) is 6.85. The van der Waals surface area contributed by atoms with Crippen LogP contribution in [0.1, 0.15) is 58.3 Å². The van der Waals surface area contributed by atoms with E-state index in [-0.39, 0.29) is 18.5 Å². The maximum Gasteiger partial charge on any atom is 0.0900 e. The Balaban J connectivity index is 0.00000169. The fraction of sp³-hybridized carbons (Fsp3) is 1.00. The summed E-state index contributed by atoms with van der Waals surface area (Å²) in [5.41, 5.74) is 0.480. The lowest BCUT2D eigenvalue weighted by Crippen LogP contribution is -2.48. The highest BCUT2D eigenvalue weighted by atomic mass is 35.5. The number of aliphatic hydroxyl groups is 1. The zero-order chi connectivity index (χ0) is 15.9. The molecule has 0 radical (unpaired) electrons. The lowest BCUT2D eigenvalue weighted by Gasteiger charge is -2.56. The van der Waals surface area contributed by atoms with Gasteiger partial charge in [0.2, 0.25) is 0 Å². The van der Waals surface area contributed by atoms with Crippen LogP contribution in [0.15, 0.2) is 0 Å². The topological polar surface area (TPSA) is 32.7 Å². The van der Waals surface area contributed by atoms with Crippen molar-refractivity contribution in [3.05, 3.63) is 0 Å². The van der Waals surface area contributed by atoms with Gasteiger partial charge in [0.05, 0.1) is 19.3 Å². The lowest BCUT2D eigenvalue weighted by atomic mass is 9.50. The molecule has 5 rings (SSSR count). The molecule has 5 aliphatic rings. The van der Waals surface area contributed by atoms with Gasteiger partial charge in [-0.05, 0) is 87.0 Å². The average molecular weight is 358 g/mol. The summed E-state index contributed by atoms with van der Waals surface area (Å²) in [5, 5.41) is 10.3. The molecule has 24 heavy (non-hydrogen) atoms. The first kappa shape index (κ1) is 18.9. The van der Waals surface area contributed by atoms with Crippen molar-refractivity contribution in [2.75, 3.05) is 32.8 Å². The van der Waals surface area contributed by atoms with E-state index in [9.17, 15) is 5.11 Å². The van der Waals surface area contributed by atoms with E-state index >= 15 is 0 Å². The van der Waals surface area contributed by atoms with Gasteiger partial charge >= 0.3 is 0 Å². The van der Waals surface area contributed by atoms with E-state index in [1.807, 2.05) is 0 Å². The molecule has 0 spiro atoms. The molecule has 4 aliphatic carbocycles. The third-order valence-corrected chi connectivity index (χ3v) is 7.09. The molecular formula is C20H36ClNO2. The quantitative estimate of drug-likeness (QED) is 0.786. The molecule has 3 nitrogen and oxygen atoms in total. The van der Waals surface area contributed by atoms with Crippen molar-refractivity contribution in [1.29, 1.82) is 0 Å². The number of nitrogens with zero attached hydrogens (tertiary/aromatic N) is 1. The first-order valence-corrected chi connectivity index (χ1v) is 10.1. The number of aliphatic hydroxyl groups excluding tert-OH is 1. The van der Waals surface area contributed by atoms with Crippen LogP contribution in [0, 0.1) is 29.1 Å². The first-order chi connectivity index (χ1) is 11.1. The molecule has 1 N–H and O–H groups in total. The fourth-order valence-corrected chi connectivity index (χ4v) is 6.68. The Bertz CT molecular complexity index is 381. The molecule has 1 aliphatic heterocycles. The molecule has 140 valence electrons. The van der Waals surface area contributed by atoms with Gasteiger partial charge in [0.15, 0.2) is 0 Å². The number of rotatable bonds is 6. The van der Waals surface area contributed by atoms with Crippen molar-refractivity contribution in [2.45, 2.75) is 64.4 Å². The molecule has 1 heterocycles. The summed E-state index contributed by atoms with van der Waals surface area (Å²) >= 11 is 0. The largest absolute Gasteiger partial charge is 0.389 e. The lowest BCUT2D eigenvalue weighted by molar-refractivity contribution is -0.107. The van der Waals surface area contributed by atoms with Crippen molar-refractivity contribution in [2.24, 2.45) is 29.1 Å². The number of hydrogen-bond donors (Lipinski definition) is 1. The smallest absolute Gasteiger partial charge is 0.0900 e. The minimum atomic E-state index is -0.311. The fourth-order valence-electron chi connectivity index (χ4n) is 6.68. The second-order valence-electron chi connectivity index (χ2n) is 9.59. The highest BCUT2D eigenvalue weighted by Gasteiger charge is 2.50. The Morgan fingerprint density at radius 3 is 2.33 bits per heavy atom. The van der Waals surface area contributed by atoms with Gasteiger partial charge in [0.25, 0.3) is 0 Å². The number of halogens is 1. The third kappa shape index (κ3) is 4.28. The summed E-state index contributed by atoms with van der Waals surface area (Å²) in [6, 6.07) is 0. The molecule has 2 unspecified atom stereocenters. The number of β-amino-alcohol motifs (C(OH)–C–C–N with tert-alkyl or cyclic N) is 1. The van der Waals surface area contributed by atoms with Gasteiger partial charge in [0, 0.05) is 13.1 Å². The zero-order valence-electron chi connectivity index (χ0n) is 15.3. The Morgan fingerprint density at radius 2 is 1.75 bits per heavy atom. The van der Waals surface area contributed by atoms with Crippen LogP contribution >= 0.6 is 12.4 Å². The van der Waals surface area contributed by atoms with Gasteiger partial charge in [-0.25, -0.2) is 0 Å². The maximum atomic E-state index is 10.3. The summed E-state index contributed by atoms with van der Waals surface area (Å²) in [6.07, 6.45) is 11.0. The second-order valence-corrected chi connectivity index (χ2v) is 9.59. The Kier molecular flexibility index (Phi) is 6.17. The summed E-state index contributed by atoms with van der Waals surface area (Å²) in [5.74, 6) is 3.75. The van der Waals surface area contributed by atoms with Gasteiger partial charge in [-0.15, -0.1) is 12.4 Å². The average Bonchev–Trinajstić information content (AvgIpc) is 2.45. The van der Waals surface area contributed by atoms with Crippen LogP contribution in [0.25, 0.3) is 0 Å². The van der Waals surface area contributed by atoms with Gasteiger partial charge in [-0.1, -0.05) is 6.92 Å². The van der Waals surface area contributed by atoms with E-state index in [4.69, 9.17) is 4.74 Å². The molecule has 0 aromatic carbocycles. The molecule has 4 saturated carbocycles. The van der Waals surface area contributed by atoms with Crippen LogP contribution in [-0.2, 0) is 4.74 Å². The first-order valence-electron chi connectivity index (χ1n) is 10.1. The van der Waals surface area contributed by atoms with E-state index in [0.29, 0.717) is 12.0 Å². The Hall–Kier alpha value is 0.170. The van der Waals surface area contributed by atoms with E-state index in [2.05, 4.69) is 11.8 Å². The van der Waals surface area contributed by atoms with Crippen LogP contribution in [0.5, 0.6) is 0 Å².